The van der Waals surface area contributed by atoms with Crippen molar-refractivity contribution in [1.82, 2.24) is 0 Å². The van der Waals surface area contributed by atoms with Crippen molar-refractivity contribution in [3.05, 3.63) is 0 Å². The highest BCUT2D eigenvalue weighted by molar-refractivity contribution is 8.14. The fourth-order valence-corrected chi connectivity index (χ4v) is 2.59. The van der Waals surface area contributed by atoms with Gasteiger partial charge in [0.1, 0.15) is 0 Å². The van der Waals surface area contributed by atoms with E-state index in [1.165, 1.54) is 11.8 Å². The van der Waals surface area contributed by atoms with Gasteiger partial charge in [-0.1, -0.05) is 18.7 Å². The van der Waals surface area contributed by atoms with Crippen LogP contribution in [-0.2, 0) is 4.79 Å². The molecule has 1 unspecified atom stereocenters. The molecule has 78 valence electrons. The molecular weight excluding hydrogens is 182 g/mol. The fraction of sp³-hybridized carbons (Fsp3) is 0.900. The summed E-state index contributed by atoms with van der Waals surface area (Å²) in [7, 11) is 6.46. The van der Waals surface area contributed by atoms with E-state index >= 15 is 0 Å². The van der Waals surface area contributed by atoms with Crippen molar-refractivity contribution in [2.45, 2.75) is 31.9 Å². The number of hydrogen-bond donors (Lipinski definition) is 0. The summed E-state index contributed by atoms with van der Waals surface area (Å²) in [4.78, 5) is 11.3. The van der Waals surface area contributed by atoms with Crippen molar-refractivity contribution in [2.24, 2.45) is 0 Å². The smallest absolute Gasteiger partial charge is 0.189 e. The van der Waals surface area contributed by atoms with Gasteiger partial charge in [-0.05, 0) is 13.3 Å². The van der Waals surface area contributed by atoms with Gasteiger partial charge in [0.25, 0.3) is 0 Å². The third-order valence-corrected chi connectivity index (χ3v) is 2.61. The van der Waals surface area contributed by atoms with Gasteiger partial charge in [-0.2, -0.15) is 0 Å². The van der Waals surface area contributed by atoms with E-state index < -0.39 is 0 Å². The molecule has 0 aliphatic heterocycles. The maximum Gasteiger partial charge on any atom is 0.189 e. The van der Waals surface area contributed by atoms with Gasteiger partial charge in [-0.25, -0.2) is 0 Å². The van der Waals surface area contributed by atoms with E-state index in [1.54, 1.807) is 0 Å². The van der Waals surface area contributed by atoms with E-state index in [0.29, 0.717) is 16.8 Å². The second-order valence-electron chi connectivity index (χ2n) is 4.52. The van der Waals surface area contributed by atoms with Crippen LogP contribution in [0.15, 0.2) is 0 Å². The lowest BCUT2D eigenvalue weighted by Gasteiger charge is -2.26. The number of carbonyl (C=O) groups excluding carboxylic acids is 1. The predicted molar refractivity (Wildman–Crippen MR) is 59.9 cm³/mol. The molecule has 0 saturated carbocycles. The van der Waals surface area contributed by atoms with Gasteiger partial charge < -0.3 is 4.48 Å². The molecule has 13 heavy (non-hydrogen) atoms. The zero-order chi connectivity index (χ0) is 10.5. The summed E-state index contributed by atoms with van der Waals surface area (Å²) in [6.07, 6.45) is 1.68. The third-order valence-electron chi connectivity index (χ3n) is 1.59. The third kappa shape index (κ3) is 8.31. The van der Waals surface area contributed by atoms with Crippen molar-refractivity contribution >= 4 is 16.9 Å². The number of nitrogens with zero attached hydrogens (tertiary/aromatic N) is 1. The summed E-state index contributed by atoms with van der Waals surface area (Å²) in [5, 5.41) is 0.766. The Morgan fingerprint density at radius 3 is 2.31 bits per heavy atom. The second-order valence-corrected chi connectivity index (χ2v) is 6.02. The Hall–Kier alpha value is -0.0200. The number of hydrogen-bond acceptors (Lipinski definition) is 2. The molecule has 0 spiro atoms. The maximum absolute atomic E-state index is 11.3. The monoisotopic (exact) mass is 204 g/mol. The molecule has 0 amide bonds. The summed E-state index contributed by atoms with van der Waals surface area (Å²) < 4.78 is 0.924. The van der Waals surface area contributed by atoms with Gasteiger partial charge in [-0.3, -0.25) is 4.79 Å². The fourth-order valence-electron chi connectivity index (χ4n) is 1.30. The van der Waals surface area contributed by atoms with Crippen LogP contribution < -0.4 is 0 Å². The van der Waals surface area contributed by atoms with Gasteiger partial charge in [0.05, 0.1) is 32.9 Å². The highest BCUT2D eigenvalue weighted by atomic mass is 32.2. The Kier molecular flexibility index (Phi) is 5.65. The van der Waals surface area contributed by atoms with E-state index in [0.717, 1.165) is 17.4 Å². The number of thioether (sulfide) groups is 1. The number of quaternary nitrogens is 1. The Morgan fingerprint density at radius 1 is 1.38 bits per heavy atom. The molecule has 0 heterocycles. The van der Waals surface area contributed by atoms with E-state index in [4.69, 9.17) is 0 Å². The van der Waals surface area contributed by atoms with Crippen molar-refractivity contribution in [3.8, 4) is 0 Å². The molecule has 0 radical (unpaired) electrons. The van der Waals surface area contributed by atoms with Crippen LogP contribution in [0.25, 0.3) is 0 Å². The number of rotatable bonds is 5. The SMILES string of the molecule is CCCC(=O)SC(C)C[N+](C)(C)C. The van der Waals surface area contributed by atoms with Gasteiger partial charge in [0.15, 0.2) is 5.12 Å². The first kappa shape index (κ1) is 13.0. The molecule has 0 aromatic rings. The molecule has 0 rings (SSSR count). The van der Waals surface area contributed by atoms with Crippen molar-refractivity contribution in [2.75, 3.05) is 27.7 Å². The van der Waals surface area contributed by atoms with Crippen LogP contribution in [0.3, 0.4) is 0 Å². The molecule has 0 aromatic carbocycles. The number of carbonyl (C=O) groups is 1. The van der Waals surface area contributed by atoms with Crippen LogP contribution in [0, 0.1) is 0 Å². The minimum Gasteiger partial charge on any atom is -0.330 e. The van der Waals surface area contributed by atoms with Crippen LogP contribution in [0.1, 0.15) is 26.7 Å². The van der Waals surface area contributed by atoms with Crippen molar-refractivity contribution in [1.29, 1.82) is 0 Å². The average molecular weight is 204 g/mol. The molecule has 0 fully saturated rings. The van der Waals surface area contributed by atoms with Crippen molar-refractivity contribution < 1.29 is 9.28 Å². The first-order valence-electron chi connectivity index (χ1n) is 4.85. The second kappa shape index (κ2) is 5.66. The molecular formula is C10H22NOS+. The molecule has 1 atom stereocenters. The molecule has 0 bridgehead atoms. The molecule has 0 N–H and O–H groups in total. The first-order valence-corrected chi connectivity index (χ1v) is 5.73. The standard InChI is InChI=1S/C10H22NOS/c1-6-7-10(12)13-9(2)8-11(3,4)5/h9H,6-8H2,1-5H3/q+1. The lowest BCUT2D eigenvalue weighted by Crippen LogP contribution is -2.39. The Balaban J connectivity index is 3.74. The largest absolute Gasteiger partial charge is 0.330 e. The minimum atomic E-state index is 0.337. The van der Waals surface area contributed by atoms with E-state index in [1.807, 2.05) is 6.92 Å². The maximum atomic E-state index is 11.3. The Labute approximate surface area is 86.3 Å². The zero-order valence-corrected chi connectivity index (χ0v) is 10.3. The molecule has 3 heteroatoms. The van der Waals surface area contributed by atoms with Gasteiger partial charge >= 0.3 is 0 Å². The quantitative estimate of drug-likeness (QED) is 0.638. The molecule has 2 nitrogen and oxygen atoms in total. The Bertz CT molecular complexity index is 163. The summed E-state index contributed by atoms with van der Waals surface area (Å²) in [5.41, 5.74) is 0. The lowest BCUT2D eigenvalue weighted by molar-refractivity contribution is -0.869. The molecule has 0 saturated heterocycles. The average Bonchev–Trinajstić information content (AvgIpc) is 1.81. The van der Waals surface area contributed by atoms with Gasteiger partial charge in [0.2, 0.25) is 0 Å². The zero-order valence-electron chi connectivity index (χ0n) is 9.46. The highest BCUT2D eigenvalue weighted by Crippen LogP contribution is 2.16. The van der Waals surface area contributed by atoms with Gasteiger partial charge in [0, 0.05) is 6.42 Å². The molecule has 0 aliphatic carbocycles. The van der Waals surface area contributed by atoms with Crippen LogP contribution in [-0.4, -0.2) is 42.5 Å². The van der Waals surface area contributed by atoms with E-state index in [9.17, 15) is 4.79 Å². The van der Waals surface area contributed by atoms with Crippen LogP contribution in [0.5, 0.6) is 0 Å². The summed E-state index contributed by atoms with van der Waals surface area (Å²) in [6, 6.07) is 0. The van der Waals surface area contributed by atoms with Crippen LogP contribution >= 0.6 is 11.8 Å². The summed E-state index contributed by atoms with van der Waals surface area (Å²) in [6.45, 7) is 5.21. The predicted octanol–water partition coefficient (Wildman–Crippen LogP) is 2.14. The van der Waals surface area contributed by atoms with Crippen molar-refractivity contribution in [3.63, 3.8) is 0 Å². The summed E-state index contributed by atoms with van der Waals surface area (Å²) in [5.74, 6) is 0. The topological polar surface area (TPSA) is 17.1 Å². The molecule has 0 aromatic heterocycles. The van der Waals surface area contributed by atoms with Gasteiger partial charge in [-0.15, -0.1) is 0 Å². The highest BCUT2D eigenvalue weighted by Gasteiger charge is 2.16. The molecule has 0 aliphatic rings. The Morgan fingerprint density at radius 2 is 1.92 bits per heavy atom. The van der Waals surface area contributed by atoms with E-state index in [2.05, 4.69) is 28.1 Å². The van der Waals surface area contributed by atoms with E-state index in [-0.39, 0.29) is 0 Å². The van der Waals surface area contributed by atoms with Crippen LogP contribution in [0.2, 0.25) is 0 Å². The summed E-state index contributed by atoms with van der Waals surface area (Å²) >= 11 is 1.50. The lowest BCUT2D eigenvalue weighted by atomic mass is 10.4. The van der Waals surface area contributed by atoms with Crippen LogP contribution in [0.4, 0.5) is 0 Å². The minimum absolute atomic E-state index is 0.337. The first-order chi connectivity index (χ1) is 5.85. The normalized spacial score (nSPS) is 14.2.